The second-order valence-electron chi connectivity index (χ2n) is 6.20. The number of aryl methyl sites for hydroxylation is 1. The van der Waals surface area contributed by atoms with Crippen molar-refractivity contribution >= 4 is 17.7 Å². The fraction of sp³-hybridized carbons (Fsp3) is 0.0833. The third-order valence-corrected chi connectivity index (χ3v) is 4.06. The van der Waals surface area contributed by atoms with Crippen LogP contribution in [0.2, 0.25) is 0 Å². The first-order chi connectivity index (χ1) is 13.7. The zero-order chi connectivity index (χ0) is 19.6. The van der Waals surface area contributed by atoms with Crippen molar-refractivity contribution in [2.45, 2.75) is 6.92 Å². The van der Waals surface area contributed by atoms with Gasteiger partial charge in [-0.15, -0.1) is 0 Å². The van der Waals surface area contributed by atoms with Gasteiger partial charge in [-0.05, 0) is 30.2 Å². The monoisotopic (exact) mass is 370 g/mol. The Labute approximate surface area is 165 Å². The number of para-hydroxylation sites is 1. The summed E-state index contributed by atoms with van der Waals surface area (Å²) < 4.78 is 5.57. The molecule has 0 bridgehead atoms. The minimum atomic E-state index is -0.315. The van der Waals surface area contributed by atoms with Gasteiger partial charge in [0.05, 0.1) is 5.71 Å². The molecule has 0 radical (unpaired) electrons. The van der Waals surface area contributed by atoms with Crippen LogP contribution < -0.4 is 10.2 Å². The zero-order valence-electron chi connectivity index (χ0n) is 15.7. The van der Waals surface area contributed by atoms with Gasteiger partial charge in [0.15, 0.2) is 6.61 Å². The maximum atomic E-state index is 12.2. The minimum Gasteiger partial charge on any atom is -0.483 e. The van der Waals surface area contributed by atoms with E-state index < -0.39 is 0 Å². The maximum absolute atomic E-state index is 12.2. The molecule has 140 valence electrons. The highest BCUT2D eigenvalue weighted by Crippen LogP contribution is 2.15. The van der Waals surface area contributed by atoms with Crippen molar-refractivity contribution in [3.63, 3.8) is 0 Å². The van der Waals surface area contributed by atoms with Gasteiger partial charge >= 0.3 is 0 Å². The second kappa shape index (κ2) is 9.88. The molecule has 0 aliphatic rings. The lowest BCUT2D eigenvalue weighted by atomic mass is 10.1. The SMILES string of the molecule is Cc1ccccc1OCC(=O)NN=C(C=Cc1ccccc1)c1ccccc1. The van der Waals surface area contributed by atoms with Gasteiger partial charge in [-0.25, -0.2) is 5.43 Å². The molecule has 0 fully saturated rings. The van der Waals surface area contributed by atoms with Crippen LogP contribution in [0.5, 0.6) is 5.75 Å². The van der Waals surface area contributed by atoms with E-state index >= 15 is 0 Å². The van der Waals surface area contributed by atoms with Gasteiger partial charge in [-0.1, -0.05) is 84.9 Å². The lowest BCUT2D eigenvalue weighted by Crippen LogP contribution is -2.25. The number of hydrogen-bond donors (Lipinski definition) is 1. The number of hydrazone groups is 1. The summed E-state index contributed by atoms with van der Waals surface area (Å²) in [6.07, 6.45) is 3.84. The molecule has 0 heterocycles. The highest BCUT2D eigenvalue weighted by molar-refractivity contribution is 6.11. The van der Waals surface area contributed by atoms with E-state index in [1.54, 1.807) is 0 Å². The number of nitrogens with zero attached hydrogens (tertiary/aromatic N) is 1. The molecule has 28 heavy (non-hydrogen) atoms. The predicted octanol–water partition coefficient (Wildman–Crippen LogP) is 4.61. The van der Waals surface area contributed by atoms with E-state index in [2.05, 4.69) is 10.5 Å². The highest BCUT2D eigenvalue weighted by Gasteiger charge is 2.05. The van der Waals surface area contributed by atoms with Crippen molar-refractivity contribution in [1.29, 1.82) is 0 Å². The summed E-state index contributed by atoms with van der Waals surface area (Å²) in [6, 6.07) is 27.2. The van der Waals surface area contributed by atoms with Crippen LogP contribution in [0.25, 0.3) is 6.08 Å². The number of amides is 1. The van der Waals surface area contributed by atoms with E-state index in [1.807, 2.05) is 104 Å². The summed E-state index contributed by atoms with van der Waals surface area (Å²) in [5, 5.41) is 4.29. The van der Waals surface area contributed by atoms with Crippen LogP contribution in [-0.2, 0) is 4.79 Å². The van der Waals surface area contributed by atoms with E-state index in [1.165, 1.54) is 0 Å². The average molecular weight is 370 g/mol. The van der Waals surface area contributed by atoms with Crippen molar-refractivity contribution in [2.75, 3.05) is 6.61 Å². The van der Waals surface area contributed by atoms with Crippen LogP contribution in [0, 0.1) is 6.92 Å². The van der Waals surface area contributed by atoms with Crippen LogP contribution in [0.1, 0.15) is 16.7 Å². The van der Waals surface area contributed by atoms with Crippen LogP contribution in [-0.4, -0.2) is 18.2 Å². The Morgan fingerprint density at radius 3 is 2.29 bits per heavy atom. The Hall–Kier alpha value is -3.66. The molecule has 3 rings (SSSR count). The highest BCUT2D eigenvalue weighted by atomic mass is 16.5. The number of carbonyl (C=O) groups is 1. The summed E-state index contributed by atoms with van der Waals surface area (Å²) in [7, 11) is 0. The molecule has 0 saturated heterocycles. The van der Waals surface area contributed by atoms with Crippen LogP contribution in [0.4, 0.5) is 0 Å². The minimum absolute atomic E-state index is 0.0984. The van der Waals surface area contributed by atoms with E-state index in [0.29, 0.717) is 11.5 Å². The number of rotatable bonds is 7. The van der Waals surface area contributed by atoms with Gasteiger partial charge in [-0.3, -0.25) is 4.79 Å². The number of allylic oxidation sites excluding steroid dienone is 1. The maximum Gasteiger partial charge on any atom is 0.277 e. The van der Waals surface area contributed by atoms with E-state index in [0.717, 1.165) is 16.7 Å². The normalized spacial score (nSPS) is 11.4. The Bertz CT molecular complexity index is 964. The topological polar surface area (TPSA) is 50.7 Å². The number of ether oxygens (including phenoxy) is 1. The predicted molar refractivity (Wildman–Crippen MR) is 113 cm³/mol. The summed E-state index contributed by atoms with van der Waals surface area (Å²) in [5.41, 5.74) is 6.19. The van der Waals surface area contributed by atoms with Gasteiger partial charge in [0.25, 0.3) is 5.91 Å². The molecule has 0 spiro atoms. The Kier molecular flexibility index (Phi) is 6.74. The van der Waals surface area contributed by atoms with Crippen molar-refractivity contribution in [3.8, 4) is 5.75 Å². The molecule has 0 aliphatic heterocycles. The van der Waals surface area contributed by atoms with Crippen molar-refractivity contribution in [2.24, 2.45) is 5.10 Å². The van der Waals surface area contributed by atoms with Gasteiger partial charge in [0, 0.05) is 5.56 Å². The van der Waals surface area contributed by atoms with Crippen molar-refractivity contribution in [3.05, 3.63) is 108 Å². The third-order valence-electron chi connectivity index (χ3n) is 4.06. The first-order valence-corrected chi connectivity index (χ1v) is 9.06. The fourth-order valence-corrected chi connectivity index (χ4v) is 2.56. The van der Waals surface area contributed by atoms with Crippen LogP contribution in [0.3, 0.4) is 0 Å². The quantitative estimate of drug-likeness (QED) is 0.488. The summed E-state index contributed by atoms with van der Waals surface area (Å²) in [4.78, 5) is 12.2. The average Bonchev–Trinajstić information content (AvgIpc) is 2.74. The molecule has 3 aromatic rings. The lowest BCUT2D eigenvalue weighted by Gasteiger charge is -2.08. The molecular weight excluding hydrogens is 348 g/mol. The Balaban J connectivity index is 1.69. The molecule has 0 unspecified atom stereocenters. The molecule has 0 aromatic heterocycles. The molecule has 1 N–H and O–H groups in total. The lowest BCUT2D eigenvalue weighted by molar-refractivity contribution is -0.123. The van der Waals surface area contributed by atoms with E-state index in [4.69, 9.17) is 4.74 Å². The summed E-state index contributed by atoms with van der Waals surface area (Å²) >= 11 is 0. The summed E-state index contributed by atoms with van der Waals surface area (Å²) in [5.74, 6) is 0.374. The molecule has 0 atom stereocenters. The number of carbonyl (C=O) groups excluding carboxylic acids is 1. The number of nitrogens with one attached hydrogen (secondary N) is 1. The molecule has 3 aromatic carbocycles. The zero-order valence-corrected chi connectivity index (χ0v) is 15.7. The molecule has 0 saturated carbocycles. The molecule has 0 aliphatic carbocycles. The van der Waals surface area contributed by atoms with Gasteiger partial charge in [0.2, 0.25) is 0 Å². The number of hydrogen-bond acceptors (Lipinski definition) is 3. The van der Waals surface area contributed by atoms with Crippen molar-refractivity contribution < 1.29 is 9.53 Å². The largest absolute Gasteiger partial charge is 0.483 e. The Morgan fingerprint density at radius 2 is 1.57 bits per heavy atom. The molecular formula is C24H22N2O2. The van der Waals surface area contributed by atoms with Crippen LogP contribution >= 0.6 is 0 Å². The fourth-order valence-electron chi connectivity index (χ4n) is 2.56. The first-order valence-electron chi connectivity index (χ1n) is 9.06. The van der Waals surface area contributed by atoms with Gasteiger partial charge in [-0.2, -0.15) is 5.10 Å². The second-order valence-corrected chi connectivity index (χ2v) is 6.20. The third kappa shape index (κ3) is 5.68. The molecule has 4 heteroatoms. The molecule has 1 amide bonds. The van der Waals surface area contributed by atoms with Gasteiger partial charge in [0.1, 0.15) is 5.75 Å². The molecule has 4 nitrogen and oxygen atoms in total. The van der Waals surface area contributed by atoms with Gasteiger partial charge < -0.3 is 4.74 Å². The standard InChI is InChI=1S/C24H22N2O2/c1-19-10-8-9-15-23(19)28-18-24(27)26-25-22(21-13-6-3-7-14-21)17-16-20-11-4-2-5-12-20/h2-17H,18H2,1H3,(H,26,27). The smallest absolute Gasteiger partial charge is 0.277 e. The number of benzene rings is 3. The van der Waals surface area contributed by atoms with Crippen LogP contribution in [0.15, 0.2) is 96.1 Å². The van der Waals surface area contributed by atoms with E-state index in [-0.39, 0.29) is 12.5 Å². The van der Waals surface area contributed by atoms with E-state index in [9.17, 15) is 4.79 Å². The van der Waals surface area contributed by atoms with Crippen molar-refractivity contribution in [1.82, 2.24) is 5.43 Å². The first kappa shape index (κ1) is 19.1. The Morgan fingerprint density at radius 1 is 0.929 bits per heavy atom. The summed E-state index contributed by atoms with van der Waals surface area (Å²) in [6.45, 7) is 1.84.